The second kappa shape index (κ2) is 17.6. The van der Waals surface area contributed by atoms with Gasteiger partial charge in [0.1, 0.15) is 12.2 Å². The molecule has 0 spiro atoms. The molecule has 3 atom stereocenters. The summed E-state index contributed by atoms with van der Waals surface area (Å²) >= 11 is 2.45. The SMILES string of the molecule is CSOC(C[C@@H](OCc1ccccc1)[C@H](OCc1ccccc1)[C@H](O)COCc1ccccc1)OSC. The lowest BCUT2D eigenvalue weighted by Crippen LogP contribution is -2.45. The maximum absolute atomic E-state index is 11.3. The van der Waals surface area contributed by atoms with Gasteiger partial charge in [-0.1, -0.05) is 91.0 Å². The van der Waals surface area contributed by atoms with Crippen LogP contribution in [0.1, 0.15) is 23.1 Å². The third-order valence-corrected chi connectivity index (χ3v) is 6.38. The summed E-state index contributed by atoms with van der Waals surface area (Å²) in [5.74, 6) is 0. The fraction of sp³-hybridized carbons (Fsp3) is 0.379. The molecule has 6 nitrogen and oxygen atoms in total. The molecule has 3 aromatic carbocycles. The van der Waals surface area contributed by atoms with E-state index < -0.39 is 24.6 Å². The highest BCUT2D eigenvalue weighted by molar-refractivity contribution is 7.94. The molecule has 3 rings (SSSR count). The van der Waals surface area contributed by atoms with Crippen LogP contribution in [0, 0.1) is 0 Å². The molecule has 200 valence electrons. The molecule has 0 fully saturated rings. The Balaban J connectivity index is 1.75. The maximum Gasteiger partial charge on any atom is 0.186 e. The van der Waals surface area contributed by atoms with Crippen molar-refractivity contribution < 1.29 is 27.7 Å². The molecule has 0 saturated carbocycles. The van der Waals surface area contributed by atoms with Gasteiger partial charge >= 0.3 is 0 Å². The molecule has 0 heterocycles. The third kappa shape index (κ3) is 11.2. The molecule has 37 heavy (non-hydrogen) atoms. The first-order valence-electron chi connectivity index (χ1n) is 12.2. The van der Waals surface area contributed by atoms with Crippen LogP contribution in [0.2, 0.25) is 0 Å². The first kappa shape index (κ1) is 29.7. The van der Waals surface area contributed by atoms with Crippen LogP contribution in [0.15, 0.2) is 91.0 Å². The fourth-order valence-electron chi connectivity index (χ4n) is 3.77. The average molecular weight is 545 g/mol. The van der Waals surface area contributed by atoms with Crippen LogP contribution in [0.3, 0.4) is 0 Å². The Labute approximate surface area is 229 Å². The molecule has 0 amide bonds. The summed E-state index contributed by atoms with van der Waals surface area (Å²) in [5.41, 5.74) is 3.07. The molecule has 0 aliphatic heterocycles. The van der Waals surface area contributed by atoms with Crippen LogP contribution < -0.4 is 0 Å². The summed E-state index contributed by atoms with van der Waals surface area (Å²) in [6.45, 7) is 1.17. The molecule has 0 bridgehead atoms. The first-order valence-corrected chi connectivity index (χ1v) is 14.5. The van der Waals surface area contributed by atoms with Gasteiger partial charge in [0.25, 0.3) is 0 Å². The second-order valence-corrected chi connectivity index (χ2v) is 9.41. The Kier molecular flexibility index (Phi) is 14.1. The van der Waals surface area contributed by atoms with Gasteiger partial charge in [-0.2, -0.15) is 0 Å². The lowest BCUT2D eigenvalue weighted by Gasteiger charge is -2.32. The zero-order chi connectivity index (χ0) is 26.1. The minimum atomic E-state index is -0.933. The van der Waals surface area contributed by atoms with Crippen LogP contribution in [-0.2, 0) is 42.4 Å². The molecule has 0 unspecified atom stereocenters. The topological polar surface area (TPSA) is 66.4 Å². The number of ether oxygens (including phenoxy) is 3. The van der Waals surface area contributed by atoms with Crippen molar-refractivity contribution >= 4 is 24.1 Å². The highest BCUT2D eigenvalue weighted by atomic mass is 32.2. The number of aliphatic hydroxyl groups is 1. The van der Waals surface area contributed by atoms with Gasteiger partial charge < -0.3 is 19.3 Å². The molecule has 3 aromatic rings. The first-order chi connectivity index (χ1) is 18.2. The summed E-state index contributed by atoms with van der Waals surface area (Å²) in [5, 5.41) is 11.3. The Hall–Kier alpha value is -1.88. The van der Waals surface area contributed by atoms with Crippen molar-refractivity contribution in [2.45, 2.75) is 50.8 Å². The van der Waals surface area contributed by atoms with Crippen LogP contribution >= 0.6 is 24.1 Å². The Morgan fingerprint density at radius 2 is 1.11 bits per heavy atom. The van der Waals surface area contributed by atoms with Gasteiger partial charge in [-0.3, -0.25) is 8.37 Å². The highest BCUT2D eigenvalue weighted by Gasteiger charge is 2.33. The van der Waals surface area contributed by atoms with Gasteiger partial charge in [0.15, 0.2) is 6.29 Å². The lowest BCUT2D eigenvalue weighted by molar-refractivity contribution is -0.162. The Morgan fingerprint density at radius 3 is 1.59 bits per heavy atom. The molecule has 0 aromatic heterocycles. The quantitative estimate of drug-likeness (QED) is 0.154. The van der Waals surface area contributed by atoms with Crippen molar-refractivity contribution in [2.75, 3.05) is 19.1 Å². The summed E-state index contributed by atoms with van der Waals surface area (Å²) in [7, 11) is 0. The number of aliphatic hydroxyl groups excluding tert-OH is 1. The lowest BCUT2D eigenvalue weighted by atomic mass is 10.0. The molecule has 0 aliphatic carbocycles. The van der Waals surface area contributed by atoms with Gasteiger partial charge in [0.2, 0.25) is 0 Å². The number of hydrogen-bond acceptors (Lipinski definition) is 8. The predicted molar refractivity (Wildman–Crippen MR) is 150 cm³/mol. The molecule has 0 saturated heterocycles. The van der Waals surface area contributed by atoms with E-state index in [-0.39, 0.29) is 6.61 Å². The number of benzene rings is 3. The minimum absolute atomic E-state index is 0.0942. The number of hydrogen-bond donors (Lipinski definition) is 1. The van der Waals surface area contributed by atoms with Crippen molar-refractivity contribution in [1.82, 2.24) is 0 Å². The molecule has 0 radical (unpaired) electrons. The van der Waals surface area contributed by atoms with Crippen LogP contribution in [0.4, 0.5) is 0 Å². The van der Waals surface area contributed by atoms with Crippen molar-refractivity contribution in [3.8, 4) is 0 Å². The van der Waals surface area contributed by atoms with E-state index in [1.807, 2.05) is 104 Å². The highest BCUT2D eigenvalue weighted by Crippen LogP contribution is 2.24. The van der Waals surface area contributed by atoms with Crippen molar-refractivity contribution in [2.24, 2.45) is 0 Å². The van der Waals surface area contributed by atoms with E-state index in [1.165, 1.54) is 24.1 Å². The summed E-state index contributed by atoms with van der Waals surface area (Å²) in [4.78, 5) is 0. The van der Waals surface area contributed by atoms with E-state index in [0.29, 0.717) is 26.2 Å². The van der Waals surface area contributed by atoms with Gasteiger partial charge in [0, 0.05) is 18.9 Å². The maximum atomic E-state index is 11.3. The van der Waals surface area contributed by atoms with E-state index in [2.05, 4.69) is 0 Å². The number of rotatable bonds is 18. The van der Waals surface area contributed by atoms with Gasteiger partial charge in [0.05, 0.1) is 32.5 Å². The average Bonchev–Trinajstić information content (AvgIpc) is 2.93. The Morgan fingerprint density at radius 1 is 0.649 bits per heavy atom. The van der Waals surface area contributed by atoms with E-state index in [1.54, 1.807) is 0 Å². The Bertz CT molecular complexity index is 958. The van der Waals surface area contributed by atoms with Crippen LogP contribution in [0.5, 0.6) is 0 Å². The molecular weight excluding hydrogens is 508 g/mol. The normalized spacial score (nSPS) is 13.9. The molecule has 8 heteroatoms. The summed E-state index contributed by atoms with van der Waals surface area (Å²) < 4.78 is 30.0. The molecule has 0 aliphatic rings. The van der Waals surface area contributed by atoms with E-state index >= 15 is 0 Å². The smallest absolute Gasteiger partial charge is 0.186 e. The van der Waals surface area contributed by atoms with Crippen LogP contribution in [0.25, 0.3) is 0 Å². The standard InChI is InChI=1S/C29H36O6S2/c1-36-34-28(35-37-2)18-27(32-20-24-14-8-4-9-15-24)29(33-21-25-16-10-5-11-17-25)26(30)22-31-19-23-12-6-3-7-13-23/h3-17,26-30H,18-22H2,1-2H3/t26-,27-,29-/m1/s1. The third-order valence-electron chi connectivity index (χ3n) is 5.57. The van der Waals surface area contributed by atoms with E-state index in [9.17, 15) is 5.11 Å². The fourth-order valence-corrected chi connectivity index (χ4v) is 4.49. The van der Waals surface area contributed by atoms with Gasteiger partial charge in [-0.25, -0.2) is 0 Å². The zero-order valence-corrected chi connectivity index (χ0v) is 22.9. The minimum Gasteiger partial charge on any atom is -0.388 e. The van der Waals surface area contributed by atoms with Crippen LogP contribution in [-0.4, -0.2) is 48.8 Å². The summed E-state index contributed by atoms with van der Waals surface area (Å²) in [6.07, 6.45) is 1.35. The molecule has 1 N–H and O–H groups in total. The van der Waals surface area contributed by atoms with Crippen molar-refractivity contribution in [3.63, 3.8) is 0 Å². The second-order valence-electron chi connectivity index (χ2n) is 8.36. The summed E-state index contributed by atoms with van der Waals surface area (Å²) in [6, 6.07) is 29.7. The predicted octanol–water partition coefficient (Wildman–Crippen LogP) is 6.04. The van der Waals surface area contributed by atoms with Crippen molar-refractivity contribution in [3.05, 3.63) is 108 Å². The molecular formula is C29H36O6S2. The zero-order valence-electron chi connectivity index (χ0n) is 21.3. The monoisotopic (exact) mass is 544 g/mol. The van der Waals surface area contributed by atoms with E-state index in [4.69, 9.17) is 22.6 Å². The van der Waals surface area contributed by atoms with Gasteiger partial charge in [-0.15, -0.1) is 0 Å². The van der Waals surface area contributed by atoms with E-state index in [0.717, 1.165) is 16.7 Å². The van der Waals surface area contributed by atoms with Crippen molar-refractivity contribution in [1.29, 1.82) is 0 Å². The largest absolute Gasteiger partial charge is 0.388 e. The van der Waals surface area contributed by atoms with Gasteiger partial charge in [-0.05, 0) is 40.8 Å².